The van der Waals surface area contributed by atoms with Gasteiger partial charge in [-0.05, 0) is 61.0 Å². The smallest absolute Gasteiger partial charge is 0.272 e. The standard InChI is InChI=1S/C32H31F3N6O5S/c1-19-13-21(7-8-27(19)46-28-6-4-3-5-23(28)33)41-32(36)22(17-37-41)31(42)25-14-20-15-29(45-18-30(34)35)26(16-24(20)38-25)39-9-11-40(12-10-39)47(2,43)44/h3-8,13-17,30,38H,9-12,18,36H2,1-2H3. The Balaban J connectivity index is 1.26. The first-order chi connectivity index (χ1) is 22.4. The van der Waals surface area contributed by atoms with Gasteiger partial charge in [-0.1, -0.05) is 12.1 Å². The number of hydrogen-bond donors (Lipinski definition) is 2. The molecule has 0 aliphatic carbocycles. The second kappa shape index (κ2) is 12.6. The molecule has 0 saturated carbocycles. The fourth-order valence-corrected chi connectivity index (χ4v) is 6.28. The van der Waals surface area contributed by atoms with Gasteiger partial charge in [0.15, 0.2) is 11.6 Å². The van der Waals surface area contributed by atoms with Crippen molar-refractivity contribution in [1.29, 1.82) is 0 Å². The third-order valence-corrected chi connectivity index (χ3v) is 9.17. The minimum Gasteiger partial charge on any atom is -0.485 e. The van der Waals surface area contributed by atoms with Gasteiger partial charge >= 0.3 is 0 Å². The Hall–Kier alpha value is -5.02. The van der Waals surface area contributed by atoms with E-state index >= 15 is 0 Å². The van der Waals surface area contributed by atoms with Gasteiger partial charge in [-0.2, -0.15) is 9.40 Å². The maximum Gasteiger partial charge on any atom is 0.272 e. The zero-order valence-corrected chi connectivity index (χ0v) is 26.2. The van der Waals surface area contributed by atoms with Crippen LogP contribution in [0.5, 0.6) is 17.2 Å². The molecular weight excluding hydrogens is 637 g/mol. The van der Waals surface area contributed by atoms with Crippen molar-refractivity contribution >= 4 is 38.2 Å². The largest absolute Gasteiger partial charge is 0.485 e. The molecule has 11 nitrogen and oxygen atoms in total. The highest BCUT2D eigenvalue weighted by Gasteiger charge is 2.27. The number of rotatable bonds is 10. The van der Waals surface area contributed by atoms with E-state index in [-0.39, 0.29) is 41.7 Å². The molecular formula is C32H31F3N6O5S. The number of benzene rings is 3. The fraction of sp³-hybridized carbons (Fsp3) is 0.250. The van der Waals surface area contributed by atoms with Crippen LogP contribution in [-0.4, -0.2) is 78.7 Å². The van der Waals surface area contributed by atoms with Gasteiger partial charge in [0.1, 0.15) is 23.9 Å². The lowest BCUT2D eigenvalue weighted by Crippen LogP contribution is -2.48. The molecule has 1 aliphatic heterocycles. The molecule has 0 bridgehead atoms. The van der Waals surface area contributed by atoms with E-state index in [4.69, 9.17) is 15.2 Å². The number of sulfonamides is 1. The van der Waals surface area contributed by atoms with Gasteiger partial charge < -0.3 is 25.1 Å². The van der Waals surface area contributed by atoms with Crippen molar-refractivity contribution in [2.45, 2.75) is 13.3 Å². The Morgan fingerprint density at radius 1 is 1.02 bits per heavy atom. The number of aryl methyl sites for hydroxylation is 1. The molecule has 2 aromatic heterocycles. The molecule has 6 rings (SSSR count). The van der Waals surface area contributed by atoms with E-state index < -0.39 is 34.7 Å². The molecule has 0 unspecified atom stereocenters. The van der Waals surface area contributed by atoms with Crippen molar-refractivity contribution in [1.82, 2.24) is 19.1 Å². The SMILES string of the molecule is Cc1cc(-n2ncc(C(=O)c3cc4cc(OCC(F)F)c(N5CCN(S(C)(=O)=O)CC5)cc4[nH]3)c2N)ccc1Oc1ccccc1F. The number of para-hydroxylation sites is 1. The molecule has 1 saturated heterocycles. The van der Waals surface area contributed by atoms with Crippen LogP contribution in [0, 0.1) is 12.7 Å². The highest BCUT2D eigenvalue weighted by atomic mass is 32.2. The van der Waals surface area contributed by atoms with Crippen molar-refractivity contribution in [2.24, 2.45) is 0 Å². The average Bonchev–Trinajstić information content (AvgIpc) is 3.64. The van der Waals surface area contributed by atoms with Crippen LogP contribution in [0.25, 0.3) is 16.6 Å². The van der Waals surface area contributed by atoms with E-state index in [0.717, 1.165) is 6.26 Å². The number of alkyl halides is 2. The van der Waals surface area contributed by atoms with E-state index in [2.05, 4.69) is 10.1 Å². The first-order valence-electron chi connectivity index (χ1n) is 14.6. The molecule has 0 spiro atoms. The number of ether oxygens (including phenoxy) is 2. The Morgan fingerprint density at radius 3 is 2.45 bits per heavy atom. The average molecular weight is 669 g/mol. The van der Waals surface area contributed by atoms with Crippen molar-refractivity contribution < 1.29 is 35.9 Å². The zero-order valence-electron chi connectivity index (χ0n) is 25.4. The van der Waals surface area contributed by atoms with Crippen molar-refractivity contribution in [3.63, 3.8) is 0 Å². The Kier molecular flexibility index (Phi) is 8.59. The number of carbonyl (C=O) groups is 1. The lowest BCUT2D eigenvalue weighted by molar-refractivity contribution is 0.0821. The summed E-state index contributed by atoms with van der Waals surface area (Å²) in [5, 5.41) is 4.87. The third-order valence-electron chi connectivity index (χ3n) is 7.87. The van der Waals surface area contributed by atoms with E-state index in [1.54, 1.807) is 55.5 Å². The summed E-state index contributed by atoms with van der Waals surface area (Å²) < 4.78 is 78.1. The number of piperazine rings is 1. The maximum absolute atomic E-state index is 14.1. The summed E-state index contributed by atoms with van der Waals surface area (Å²) in [6.07, 6.45) is -0.212. The van der Waals surface area contributed by atoms with Crippen molar-refractivity contribution in [3.8, 4) is 22.9 Å². The predicted molar refractivity (Wildman–Crippen MR) is 171 cm³/mol. The van der Waals surface area contributed by atoms with Gasteiger partial charge in [-0.3, -0.25) is 4.79 Å². The van der Waals surface area contributed by atoms with Crippen LogP contribution in [0.1, 0.15) is 21.6 Å². The molecule has 47 heavy (non-hydrogen) atoms. The molecule has 1 aliphatic rings. The van der Waals surface area contributed by atoms with E-state index in [9.17, 15) is 26.4 Å². The maximum atomic E-state index is 14.1. The van der Waals surface area contributed by atoms with Crippen LogP contribution in [0.3, 0.4) is 0 Å². The second-order valence-corrected chi connectivity index (χ2v) is 13.1. The summed E-state index contributed by atoms with van der Waals surface area (Å²) in [4.78, 5) is 18.6. The number of ketones is 1. The highest BCUT2D eigenvalue weighted by molar-refractivity contribution is 7.88. The first kappa shape index (κ1) is 31.9. The molecule has 3 aromatic carbocycles. The van der Waals surface area contributed by atoms with Crippen molar-refractivity contribution in [2.75, 3.05) is 49.7 Å². The number of halogens is 3. The number of carbonyl (C=O) groups excluding carboxylic acids is 1. The molecule has 3 N–H and O–H groups in total. The number of hydrogen-bond acceptors (Lipinski definition) is 8. The summed E-state index contributed by atoms with van der Waals surface area (Å²) in [7, 11) is -3.37. The van der Waals surface area contributed by atoms with Gasteiger partial charge in [0.2, 0.25) is 15.8 Å². The number of anilines is 2. The van der Waals surface area contributed by atoms with Crippen LogP contribution in [-0.2, 0) is 10.0 Å². The van der Waals surface area contributed by atoms with Gasteiger partial charge in [-0.15, -0.1) is 0 Å². The number of nitrogen functional groups attached to an aromatic ring is 1. The Labute approximate surface area is 268 Å². The topological polar surface area (TPSA) is 136 Å². The molecule has 0 radical (unpaired) electrons. The molecule has 0 amide bonds. The quantitative estimate of drug-likeness (QED) is 0.196. The summed E-state index contributed by atoms with van der Waals surface area (Å²) >= 11 is 0. The zero-order chi connectivity index (χ0) is 33.5. The number of fused-ring (bicyclic) bond motifs is 1. The summed E-state index contributed by atoms with van der Waals surface area (Å²) in [6.45, 7) is 2.05. The Bertz CT molecular complexity index is 2070. The van der Waals surface area contributed by atoms with Crippen LogP contribution < -0.4 is 20.1 Å². The van der Waals surface area contributed by atoms with Crippen LogP contribution in [0.4, 0.5) is 24.7 Å². The normalized spacial score (nSPS) is 14.2. The van der Waals surface area contributed by atoms with Gasteiger partial charge in [0.25, 0.3) is 6.43 Å². The predicted octanol–water partition coefficient (Wildman–Crippen LogP) is 5.13. The van der Waals surface area contributed by atoms with Gasteiger partial charge in [0, 0.05) is 37.1 Å². The number of aromatic amines is 1. The summed E-state index contributed by atoms with van der Waals surface area (Å²) in [6, 6.07) is 16.0. The van der Waals surface area contributed by atoms with E-state index in [0.29, 0.717) is 46.7 Å². The lowest BCUT2D eigenvalue weighted by Gasteiger charge is -2.35. The molecule has 3 heterocycles. The number of nitrogens with two attached hydrogens (primary N) is 1. The second-order valence-electron chi connectivity index (χ2n) is 11.1. The molecule has 15 heteroatoms. The highest BCUT2D eigenvalue weighted by Crippen LogP contribution is 2.36. The number of aromatic nitrogens is 3. The van der Waals surface area contributed by atoms with Crippen molar-refractivity contribution in [3.05, 3.63) is 89.5 Å². The fourth-order valence-electron chi connectivity index (χ4n) is 5.46. The third kappa shape index (κ3) is 6.62. The minimum absolute atomic E-state index is 0.0845. The number of nitrogens with zero attached hydrogens (tertiary/aromatic N) is 4. The first-order valence-corrected chi connectivity index (χ1v) is 16.4. The van der Waals surface area contributed by atoms with Crippen LogP contribution in [0.15, 0.2) is 66.9 Å². The van der Waals surface area contributed by atoms with Crippen LogP contribution >= 0.6 is 0 Å². The minimum atomic E-state index is -3.37. The Morgan fingerprint density at radius 2 is 1.77 bits per heavy atom. The molecule has 0 atom stereocenters. The van der Waals surface area contributed by atoms with E-state index in [1.165, 1.54) is 27.3 Å². The molecule has 246 valence electrons. The van der Waals surface area contributed by atoms with Crippen LogP contribution in [0.2, 0.25) is 0 Å². The number of H-pyrrole nitrogens is 1. The number of nitrogens with one attached hydrogen (secondary N) is 1. The molecule has 1 fully saturated rings. The lowest BCUT2D eigenvalue weighted by atomic mass is 10.1. The summed E-state index contributed by atoms with van der Waals surface area (Å²) in [5.74, 6) is -0.141. The summed E-state index contributed by atoms with van der Waals surface area (Å²) in [5.41, 5.74) is 9.00. The monoisotopic (exact) mass is 668 g/mol. The van der Waals surface area contributed by atoms with E-state index in [1.807, 2.05) is 4.90 Å². The van der Waals surface area contributed by atoms with Gasteiger partial charge in [-0.25, -0.2) is 26.3 Å². The molecule has 5 aromatic rings. The van der Waals surface area contributed by atoms with Gasteiger partial charge in [0.05, 0.1) is 35.1 Å².